The van der Waals surface area contributed by atoms with E-state index in [1.54, 1.807) is 16.7 Å². The van der Waals surface area contributed by atoms with Crippen molar-refractivity contribution in [1.29, 1.82) is 0 Å². The molecule has 0 bridgehead atoms. The molecule has 0 unspecified atom stereocenters. The van der Waals surface area contributed by atoms with Gasteiger partial charge in [0.15, 0.2) is 0 Å². The molecule has 1 aliphatic rings. The first kappa shape index (κ1) is 14.6. The van der Waals surface area contributed by atoms with Crippen LogP contribution in [0.4, 0.5) is 0 Å². The third-order valence-corrected chi connectivity index (χ3v) is 4.29. The highest BCUT2D eigenvalue weighted by molar-refractivity contribution is 5.36. The summed E-state index contributed by atoms with van der Waals surface area (Å²) < 4.78 is 0. The normalized spacial score (nSPS) is 14.4. The van der Waals surface area contributed by atoms with E-state index in [2.05, 4.69) is 30.4 Å². The summed E-state index contributed by atoms with van der Waals surface area (Å²) in [6.45, 7) is 4.52. The van der Waals surface area contributed by atoms with Crippen molar-refractivity contribution >= 4 is 0 Å². The highest BCUT2D eigenvalue weighted by Crippen LogP contribution is 2.20. The van der Waals surface area contributed by atoms with Crippen molar-refractivity contribution in [1.82, 2.24) is 5.32 Å². The standard InChI is InChI=1S/C18H29N/c1-2-3-4-5-6-7-8-10-16-11-9-12-17-13-14-19-15-18(16)17/h9,11-12,19H,2-8,10,13-15H2,1H3. The largest absolute Gasteiger partial charge is 0.312 e. The van der Waals surface area contributed by atoms with E-state index in [-0.39, 0.29) is 0 Å². The lowest BCUT2D eigenvalue weighted by molar-refractivity contribution is 0.585. The van der Waals surface area contributed by atoms with Crippen LogP contribution in [-0.4, -0.2) is 6.54 Å². The van der Waals surface area contributed by atoms with E-state index < -0.39 is 0 Å². The average Bonchev–Trinajstić information content (AvgIpc) is 2.46. The second kappa shape index (κ2) is 8.37. The lowest BCUT2D eigenvalue weighted by atomic mass is 9.93. The summed E-state index contributed by atoms with van der Waals surface area (Å²) in [6.07, 6.45) is 12.3. The van der Waals surface area contributed by atoms with E-state index in [0.717, 1.165) is 13.1 Å². The van der Waals surface area contributed by atoms with Crippen LogP contribution in [0.25, 0.3) is 0 Å². The number of fused-ring (bicyclic) bond motifs is 1. The molecule has 0 amide bonds. The minimum atomic E-state index is 1.09. The second-order valence-corrected chi connectivity index (χ2v) is 5.85. The average molecular weight is 259 g/mol. The van der Waals surface area contributed by atoms with Crippen molar-refractivity contribution in [2.75, 3.05) is 6.54 Å². The Morgan fingerprint density at radius 2 is 1.79 bits per heavy atom. The van der Waals surface area contributed by atoms with Gasteiger partial charge in [-0.1, -0.05) is 63.6 Å². The van der Waals surface area contributed by atoms with Crippen LogP contribution < -0.4 is 5.32 Å². The SMILES string of the molecule is CCCCCCCCCc1cccc2c1CNCC2. The first-order chi connectivity index (χ1) is 9.42. The summed E-state index contributed by atoms with van der Waals surface area (Å²) in [4.78, 5) is 0. The van der Waals surface area contributed by atoms with Crippen LogP contribution in [-0.2, 0) is 19.4 Å². The minimum absolute atomic E-state index is 1.09. The van der Waals surface area contributed by atoms with E-state index in [1.165, 1.54) is 57.8 Å². The Balaban J connectivity index is 1.71. The summed E-state index contributed by atoms with van der Waals surface area (Å²) in [5.74, 6) is 0. The molecule has 0 radical (unpaired) electrons. The smallest absolute Gasteiger partial charge is 0.0211 e. The summed E-state index contributed by atoms with van der Waals surface area (Å²) in [6, 6.07) is 6.90. The molecule has 0 aliphatic carbocycles. The number of aryl methyl sites for hydroxylation is 1. The monoisotopic (exact) mass is 259 g/mol. The number of hydrogen-bond donors (Lipinski definition) is 1. The van der Waals surface area contributed by atoms with Gasteiger partial charge in [0.1, 0.15) is 0 Å². The van der Waals surface area contributed by atoms with E-state index >= 15 is 0 Å². The first-order valence-corrected chi connectivity index (χ1v) is 8.22. The lowest BCUT2D eigenvalue weighted by Crippen LogP contribution is -2.24. The Morgan fingerprint density at radius 3 is 2.63 bits per heavy atom. The van der Waals surface area contributed by atoms with Gasteiger partial charge in [-0.25, -0.2) is 0 Å². The molecule has 0 saturated heterocycles. The highest BCUT2D eigenvalue weighted by Gasteiger charge is 2.11. The van der Waals surface area contributed by atoms with Gasteiger partial charge in [-0.15, -0.1) is 0 Å². The third-order valence-electron chi connectivity index (χ3n) is 4.29. The van der Waals surface area contributed by atoms with Gasteiger partial charge < -0.3 is 5.32 Å². The van der Waals surface area contributed by atoms with Gasteiger partial charge in [0.05, 0.1) is 0 Å². The van der Waals surface area contributed by atoms with Crippen molar-refractivity contribution in [2.24, 2.45) is 0 Å². The maximum atomic E-state index is 3.51. The molecule has 2 rings (SSSR count). The molecule has 1 heteroatoms. The topological polar surface area (TPSA) is 12.0 Å². The predicted molar refractivity (Wildman–Crippen MR) is 83.5 cm³/mol. The molecule has 0 fully saturated rings. The highest BCUT2D eigenvalue weighted by atomic mass is 14.9. The second-order valence-electron chi connectivity index (χ2n) is 5.85. The molecule has 0 spiro atoms. The lowest BCUT2D eigenvalue weighted by Gasteiger charge is -2.20. The van der Waals surface area contributed by atoms with Crippen molar-refractivity contribution in [3.05, 3.63) is 34.9 Å². The van der Waals surface area contributed by atoms with Gasteiger partial charge in [0.2, 0.25) is 0 Å². The molecule has 19 heavy (non-hydrogen) atoms. The van der Waals surface area contributed by atoms with Gasteiger partial charge in [0, 0.05) is 6.54 Å². The maximum absolute atomic E-state index is 3.51. The van der Waals surface area contributed by atoms with Crippen LogP contribution in [0.3, 0.4) is 0 Å². The molecule has 106 valence electrons. The van der Waals surface area contributed by atoms with Gasteiger partial charge >= 0.3 is 0 Å². The van der Waals surface area contributed by atoms with Gasteiger partial charge in [-0.3, -0.25) is 0 Å². The third kappa shape index (κ3) is 4.65. The van der Waals surface area contributed by atoms with Crippen molar-refractivity contribution in [3.63, 3.8) is 0 Å². The number of rotatable bonds is 8. The molecule has 1 aliphatic heterocycles. The first-order valence-electron chi connectivity index (χ1n) is 8.22. The van der Waals surface area contributed by atoms with E-state index in [9.17, 15) is 0 Å². The summed E-state index contributed by atoms with van der Waals surface area (Å²) in [5, 5.41) is 3.51. The van der Waals surface area contributed by atoms with Crippen molar-refractivity contribution in [2.45, 2.75) is 71.3 Å². The Morgan fingerprint density at radius 1 is 1.00 bits per heavy atom. The van der Waals surface area contributed by atoms with Gasteiger partial charge in [-0.2, -0.15) is 0 Å². The van der Waals surface area contributed by atoms with Crippen LogP contribution in [0.5, 0.6) is 0 Å². The Bertz CT molecular complexity index is 370. The maximum Gasteiger partial charge on any atom is 0.0211 e. The molecule has 0 atom stereocenters. The molecule has 1 aromatic carbocycles. The van der Waals surface area contributed by atoms with E-state index in [4.69, 9.17) is 0 Å². The molecule has 1 aromatic rings. The summed E-state index contributed by atoms with van der Waals surface area (Å²) >= 11 is 0. The van der Waals surface area contributed by atoms with Gasteiger partial charge in [-0.05, 0) is 42.5 Å². The minimum Gasteiger partial charge on any atom is -0.312 e. The van der Waals surface area contributed by atoms with Crippen LogP contribution in [0, 0.1) is 0 Å². The van der Waals surface area contributed by atoms with Crippen molar-refractivity contribution in [3.8, 4) is 0 Å². The Hall–Kier alpha value is -0.820. The molecule has 1 N–H and O–H groups in total. The predicted octanol–water partition coefficient (Wildman–Crippen LogP) is 4.63. The fraction of sp³-hybridized carbons (Fsp3) is 0.667. The zero-order valence-electron chi connectivity index (χ0n) is 12.5. The fourth-order valence-electron chi connectivity index (χ4n) is 3.09. The number of unbranched alkanes of at least 4 members (excludes halogenated alkanes) is 6. The Kier molecular flexibility index (Phi) is 6.43. The molecule has 0 aromatic heterocycles. The summed E-state index contributed by atoms with van der Waals surface area (Å²) in [5.41, 5.74) is 4.78. The van der Waals surface area contributed by atoms with Gasteiger partial charge in [0.25, 0.3) is 0 Å². The van der Waals surface area contributed by atoms with Crippen molar-refractivity contribution < 1.29 is 0 Å². The fourth-order valence-corrected chi connectivity index (χ4v) is 3.09. The quantitative estimate of drug-likeness (QED) is 0.671. The molecular formula is C18H29N. The van der Waals surface area contributed by atoms with Crippen LogP contribution >= 0.6 is 0 Å². The van der Waals surface area contributed by atoms with Crippen LogP contribution in [0.15, 0.2) is 18.2 Å². The molecular weight excluding hydrogens is 230 g/mol. The number of nitrogens with one attached hydrogen (secondary N) is 1. The number of hydrogen-bond acceptors (Lipinski definition) is 1. The number of benzene rings is 1. The zero-order valence-corrected chi connectivity index (χ0v) is 12.5. The molecule has 1 nitrogen and oxygen atoms in total. The Labute approximate surface area is 118 Å². The van der Waals surface area contributed by atoms with E-state index in [1.807, 2.05) is 0 Å². The van der Waals surface area contributed by atoms with Crippen LogP contribution in [0.1, 0.15) is 68.6 Å². The molecule has 1 heterocycles. The summed E-state index contributed by atoms with van der Waals surface area (Å²) in [7, 11) is 0. The van der Waals surface area contributed by atoms with E-state index in [0.29, 0.717) is 0 Å². The molecule has 0 saturated carbocycles. The van der Waals surface area contributed by atoms with Crippen LogP contribution in [0.2, 0.25) is 0 Å². The zero-order chi connectivity index (χ0) is 13.3.